The number of rotatable bonds is 7. The molecule has 102 valence electrons. The normalized spacial score (nSPS) is 18.5. The fraction of sp³-hybridized carbons (Fsp3) is 0.846. The topological polar surface area (TPSA) is 60.9 Å². The summed E-state index contributed by atoms with van der Waals surface area (Å²) in [6.45, 7) is 3.67. The van der Waals surface area contributed by atoms with Crippen LogP contribution in [0.5, 0.6) is 0 Å². The zero-order chi connectivity index (χ0) is 13.1. The van der Waals surface area contributed by atoms with Gasteiger partial charge in [-0.3, -0.25) is 4.79 Å². The highest BCUT2D eigenvalue weighted by atomic mass is 16.4. The van der Waals surface area contributed by atoms with E-state index in [9.17, 15) is 9.59 Å². The van der Waals surface area contributed by atoms with Crippen LogP contribution < -0.4 is 0 Å². The first kappa shape index (κ1) is 13.2. The van der Waals surface area contributed by atoms with E-state index < -0.39 is 5.97 Å². The first-order valence-electron chi connectivity index (χ1n) is 6.89. The third-order valence-electron chi connectivity index (χ3n) is 3.63. The lowest BCUT2D eigenvalue weighted by Crippen LogP contribution is -2.45. The molecule has 2 aliphatic rings. The molecule has 1 N–H and O–H groups in total. The van der Waals surface area contributed by atoms with Crippen LogP contribution in [0.25, 0.3) is 0 Å². The summed E-state index contributed by atoms with van der Waals surface area (Å²) in [6.07, 6.45) is 4.71. The molecule has 0 atom stereocenters. The smallest absolute Gasteiger partial charge is 0.320 e. The molecule has 2 amide bonds. The number of carboxylic acid groups (broad SMARTS) is 1. The van der Waals surface area contributed by atoms with Crippen molar-refractivity contribution in [2.24, 2.45) is 5.92 Å². The Balaban J connectivity index is 1.89. The maximum atomic E-state index is 12.4. The molecule has 5 nitrogen and oxygen atoms in total. The average Bonchev–Trinajstić information content (AvgIpc) is 3.18. The van der Waals surface area contributed by atoms with E-state index >= 15 is 0 Å². The van der Waals surface area contributed by atoms with Gasteiger partial charge in [-0.1, -0.05) is 0 Å². The van der Waals surface area contributed by atoms with E-state index in [4.69, 9.17) is 5.11 Å². The standard InChI is InChI=1S/C13H22N2O3/c1-2-14(8-7-12(16)17)13(18)15(11-5-6-11)9-10-3-4-10/h10-11H,2-9H2,1H3,(H,16,17). The van der Waals surface area contributed by atoms with Gasteiger partial charge in [-0.2, -0.15) is 0 Å². The molecule has 0 heterocycles. The summed E-state index contributed by atoms with van der Waals surface area (Å²) >= 11 is 0. The molecule has 0 saturated heterocycles. The monoisotopic (exact) mass is 254 g/mol. The van der Waals surface area contributed by atoms with Crippen molar-refractivity contribution in [2.75, 3.05) is 19.6 Å². The molecule has 2 rings (SSSR count). The number of carbonyl (C=O) groups is 2. The summed E-state index contributed by atoms with van der Waals surface area (Å²) in [5, 5.41) is 8.70. The zero-order valence-electron chi connectivity index (χ0n) is 11.0. The lowest BCUT2D eigenvalue weighted by molar-refractivity contribution is -0.137. The maximum Gasteiger partial charge on any atom is 0.320 e. The van der Waals surface area contributed by atoms with E-state index in [0.29, 0.717) is 25.0 Å². The number of urea groups is 1. The molecule has 5 heteroatoms. The Morgan fingerprint density at radius 3 is 2.33 bits per heavy atom. The molecule has 0 aromatic rings. The molecule has 0 spiro atoms. The first-order valence-corrected chi connectivity index (χ1v) is 6.89. The van der Waals surface area contributed by atoms with Crippen molar-refractivity contribution in [3.05, 3.63) is 0 Å². The van der Waals surface area contributed by atoms with Gasteiger partial charge in [0, 0.05) is 25.7 Å². The number of aliphatic carboxylic acids is 1. The van der Waals surface area contributed by atoms with Gasteiger partial charge in [0.1, 0.15) is 0 Å². The van der Waals surface area contributed by atoms with E-state index in [1.54, 1.807) is 4.90 Å². The molecule has 2 fully saturated rings. The summed E-state index contributed by atoms with van der Waals surface area (Å²) in [7, 11) is 0. The van der Waals surface area contributed by atoms with E-state index in [1.165, 1.54) is 12.8 Å². The number of hydrogen-bond donors (Lipinski definition) is 1. The fourth-order valence-corrected chi connectivity index (χ4v) is 2.15. The summed E-state index contributed by atoms with van der Waals surface area (Å²) in [5.41, 5.74) is 0. The minimum Gasteiger partial charge on any atom is -0.481 e. The molecule has 0 aromatic carbocycles. The summed E-state index contributed by atoms with van der Waals surface area (Å²) in [6, 6.07) is 0.449. The van der Waals surface area contributed by atoms with Crippen molar-refractivity contribution in [3.63, 3.8) is 0 Å². The Morgan fingerprint density at radius 1 is 1.22 bits per heavy atom. The van der Waals surface area contributed by atoms with Crippen molar-refractivity contribution in [1.82, 2.24) is 9.80 Å². The van der Waals surface area contributed by atoms with Gasteiger partial charge in [0.05, 0.1) is 6.42 Å². The van der Waals surface area contributed by atoms with Crippen LogP contribution in [0.1, 0.15) is 39.0 Å². The van der Waals surface area contributed by atoms with Gasteiger partial charge in [0.25, 0.3) is 0 Å². The zero-order valence-corrected chi connectivity index (χ0v) is 11.0. The summed E-state index contributed by atoms with van der Waals surface area (Å²) in [5.74, 6) is -0.158. The Morgan fingerprint density at radius 2 is 1.89 bits per heavy atom. The highest BCUT2D eigenvalue weighted by Gasteiger charge is 2.37. The molecule has 0 aromatic heterocycles. The minimum atomic E-state index is -0.846. The predicted octanol–water partition coefficient (Wildman–Crippen LogP) is 1.78. The largest absolute Gasteiger partial charge is 0.481 e. The van der Waals surface area contributed by atoms with Gasteiger partial charge in [-0.15, -0.1) is 0 Å². The molecule has 2 aliphatic carbocycles. The first-order chi connectivity index (χ1) is 8.61. The average molecular weight is 254 g/mol. The van der Waals surface area contributed by atoms with E-state index in [2.05, 4.69) is 0 Å². The van der Waals surface area contributed by atoms with Crippen LogP contribution in [0.15, 0.2) is 0 Å². The maximum absolute atomic E-state index is 12.4. The second-order valence-electron chi connectivity index (χ2n) is 5.33. The highest BCUT2D eigenvalue weighted by Crippen LogP contribution is 2.35. The molecule has 0 unspecified atom stereocenters. The summed E-state index contributed by atoms with van der Waals surface area (Å²) < 4.78 is 0. The molecular weight excluding hydrogens is 232 g/mol. The second kappa shape index (κ2) is 5.59. The number of amides is 2. The SMILES string of the molecule is CCN(CCC(=O)O)C(=O)N(CC1CC1)C1CC1. The quantitative estimate of drug-likeness (QED) is 0.753. The van der Waals surface area contributed by atoms with Gasteiger partial charge < -0.3 is 14.9 Å². The molecule has 0 radical (unpaired) electrons. The van der Waals surface area contributed by atoms with Crippen LogP contribution in [-0.4, -0.2) is 52.6 Å². The van der Waals surface area contributed by atoms with Gasteiger partial charge in [-0.25, -0.2) is 4.79 Å². The van der Waals surface area contributed by atoms with Gasteiger partial charge >= 0.3 is 12.0 Å². The van der Waals surface area contributed by atoms with Crippen molar-refractivity contribution in [1.29, 1.82) is 0 Å². The van der Waals surface area contributed by atoms with Crippen molar-refractivity contribution >= 4 is 12.0 Å². The molecule has 18 heavy (non-hydrogen) atoms. The minimum absolute atomic E-state index is 0.0293. The molecule has 0 aliphatic heterocycles. The number of carboxylic acids is 1. The second-order valence-corrected chi connectivity index (χ2v) is 5.33. The number of hydrogen-bond acceptors (Lipinski definition) is 2. The van der Waals surface area contributed by atoms with Gasteiger partial charge in [-0.05, 0) is 38.5 Å². The number of nitrogens with zero attached hydrogens (tertiary/aromatic N) is 2. The van der Waals surface area contributed by atoms with Gasteiger partial charge in [0.2, 0.25) is 0 Å². The van der Waals surface area contributed by atoms with E-state index in [1.807, 2.05) is 11.8 Å². The summed E-state index contributed by atoms with van der Waals surface area (Å²) in [4.78, 5) is 26.6. The van der Waals surface area contributed by atoms with Crippen LogP contribution in [0, 0.1) is 5.92 Å². The van der Waals surface area contributed by atoms with Crippen LogP contribution in [-0.2, 0) is 4.79 Å². The molecule has 0 bridgehead atoms. The van der Waals surface area contributed by atoms with Crippen LogP contribution >= 0.6 is 0 Å². The Labute approximate surface area is 108 Å². The molecule has 2 saturated carbocycles. The van der Waals surface area contributed by atoms with Crippen molar-refractivity contribution < 1.29 is 14.7 Å². The van der Waals surface area contributed by atoms with Crippen molar-refractivity contribution in [2.45, 2.75) is 45.1 Å². The number of carbonyl (C=O) groups excluding carboxylic acids is 1. The lowest BCUT2D eigenvalue weighted by atomic mass is 10.3. The van der Waals surface area contributed by atoms with E-state index in [0.717, 1.165) is 19.4 Å². The van der Waals surface area contributed by atoms with Crippen LogP contribution in [0.3, 0.4) is 0 Å². The fourth-order valence-electron chi connectivity index (χ4n) is 2.15. The third kappa shape index (κ3) is 3.62. The van der Waals surface area contributed by atoms with Crippen molar-refractivity contribution in [3.8, 4) is 0 Å². The highest BCUT2D eigenvalue weighted by molar-refractivity contribution is 5.76. The Kier molecular flexibility index (Phi) is 4.09. The van der Waals surface area contributed by atoms with Crippen LogP contribution in [0.2, 0.25) is 0 Å². The lowest BCUT2D eigenvalue weighted by Gasteiger charge is -2.30. The van der Waals surface area contributed by atoms with E-state index in [-0.39, 0.29) is 12.5 Å². The Bertz CT molecular complexity index is 324. The third-order valence-corrected chi connectivity index (χ3v) is 3.63. The Hall–Kier alpha value is -1.26. The molecular formula is C13H22N2O3. The van der Waals surface area contributed by atoms with Gasteiger partial charge in [0.15, 0.2) is 0 Å². The predicted molar refractivity (Wildman–Crippen MR) is 67.3 cm³/mol. The van der Waals surface area contributed by atoms with Crippen LogP contribution in [0.4, 0.5) is 4.79 Å².